The maximum Gasteiger partial charge on any atom is 0.339 e. The standard InChI is InChI=1S/C42H70O7S/c1-3-5-7-9-11-13-15-17-19-21-23-25-27-29-31-35-48-41(43)39-34-33-38(50(45,46)47)37-40(39)42(44)49-36-32-30-28-26-24-22-20-18-16-14-12-10-8-6-4-2/h3-4,33-34,37H,1-2,5-32,35-36H2,(H,45,46,47). The van der Waals surface area contributed by atoms with Crippen molar-refractivity contribution in [2.45, 2.75) is 185 Å². The summed E-state index contributed by atoms with van der Waals surface area (Å²) in [5, 5.41) is 0. The third-order valence-electron chi connectivity index (χ3n) is 9.30. The molecule has 0 heterocycles. The Balaban J connectivity index is 2.25. The number of allylic oxidation sites excluding steroid dienone is 2. The van der Waals surface area contributed by atoms with Crippen molar-refractivity contribution in [2.75, 3.05) is 13.2 Å². The van der Waals surface area contributed by atoms with E-state index < -0.39 is 27.0 Å². The Morgan fingerprint density at radius 1 is 0.500 bits per heavy atom. The molecule has 0 atom stereocenters. The van der Waals surface area contributed by atoms with Crippen LogP contribution in [0.5, 0.6) is 0 Å². The Kier molecular flexibility index (Phi) is 28.5. The zero-order valence-corrected chi connectivity index (χ0v) is 32.1. The highest BCUT2D eigenvalue weighted by molar-refractivity contribution is 7.85. The average Bonchev–Trinajstić information content (AvgIpc) is 3.10. The molecule has 0 amide bonds. The first-order valence-electron chi connectivity index (χ1n) is 20.0. The lowest BCUT2D eigenvalue weighted by Gasteiger charge is -2.11. The van der Waals surface area contributed by atoms with Gasteiger partial charge < -0.3 is 9.47 Å². The second-order valence-corrected chi connectivity index (χ2v) is 15.2. The Labute approximate surface area is 305 Å². The van der Waals surface area contributed by atoms with Crippen molar-refractivity contribution in [3.63, 3.8) is 0 Å². The Hall–Kier alpha value is -2.45. The van der Waals surface area contributed by atoms with Crippen LogP contribution in [0.2, 0.25) is 0 Å². The number of esters is 2. The lowest BCUT2D eigenvalue weighted by Crippen LogP contribution is -2.16. The van der Waals surface area contributed by atoms with E-state index in [0.29, 0.717) is 6.42 Å². The van der Waals surface area contributed by atoms with Gasteiger partial charge in [-0.2, -0.15) is 8.42 Å². The number of carbonyl (C=O) groups excluding carboxylic acids is 2. The van der Waals surface area contributed by atoms with Gasteiger partial charge in [-0.25, -0.2) is 9.59 Å². The monoisotopic (exact) mass is 718 g/mol. The molecule has 0 radical (unpaired) electrons. The molecule has 7 nitrogen and oxygen atoms in total. The molecule has 0 aliphatic heterocycles. The van der Waals surface area contributed by atoms with Gasteiger partial charge >= 0.3 is 11.9 Å². The minimum atomic E-state index is -4.56. The topological polar surface area (TPSA) is 107 Å². The molecule has 286 valence electrons. The smallest absolute Gasteiger partial charge is 0.339 e. The molecular formula is C42H70O7S. The van der Waals surface area contributed by atoms with E-state index in [1.54, 1.807) is 0 Å². The van der Waals surface area contributed by atoms with Gasteiger partial charge in [-0.1, -0.05) is 153 Å². The van der Waals surface area contributed by atoms with Gasteiger partial charge in [0.2, 0.25) is 0 Å². The lowest BCUT2D eigenvalue weighted by atomic mass is 10.0. The van der Waals surface area contributed by atoms with E-state index in [4.69, 9.17) is 9.47 Å². The van der Waals surface area contributed by atoms with Crippen molar-refractivity contribution in [2.24, 2.45) is 0 Å². The fraction of sp³-hybridized carbons (Fsp3) is 0.714. The minimum absolute atomic E-state index is 0.0631. The number of benzene rings is 1. The Morgan fingerprint density at radius 3 is 1.12 bits per heavy atom. The highest BCUT2D eigenvalue weighted by Gasteiger charge is 2.23. The van der Waals surface area contributed by atoms with E-state index >= 15 is 0 Å². The van der Waals surface area contributed by atoms with Crippen LogP contribution in [0.3, 0.4) is 0 Å². The van der Waals surface area contributed by atoms with Gasteiger partial charge in [0.15, 0.2) is 0 Å². The van der Waals surface area contributed by atoms with Crippen LogP contribution in [0.4, 0.5) is 0 Å². The van der Waals surface area contributed by atoms with E-state index in [2.05, 4.69) is 13.2 Å². The zero-order chi connectivity index (χ0) is 36.5. The lowest BCUT2D eigenvalue weighted by molar-refractivity contribution is 0.0450. The summed E-state index contributed by atoms with van der Waals surface area (Å²) in [6.07, 6.45) is 37.3. The molecule has 0 aromatic heterocycles. The molecule has 0 unspecified atom stereocenters. The number of rotatable bonds is 35. The van der Waals surface area contributed by atoms with Gasteiger partial charge in [0.05, 0.1) is 29.2 Å². The van der Waals surface area contributed by atoms with Gasteiger partial charge in [-0.15, -0.1) is 13.2 Å². The van der Waals surface area contributed by atoms with E-state index in [0.717, 1.165) is 63.5 Å². The SMILES string of the molecule is C=CCCCCCCCCCCCCCCCOC(=O)c1ccc(S(=O)(=O)O)cc1C(=O)OCCCCCCCCCCCCCCCC=C. The highest BCUT2D eigenvalue weighted by Crippen LogP contribution is 2.20. The molecule has 0 saturated heterocycles. The zero-order valence-electron chi connectivity index (χ0n) is 31.3. The number of carbonyl (C=O) groups is 2. The van der Waals surface area contributed by atoms with Crippen molar-refractivity contribution in [1.29, 1.82) is 0 Å². The molecule has 50 heavy (non-hydrogen) atoms. The largest absolute Gasteiger partial charge is 0.462 e. The second kappa shape index (κ2) is 31.3. The quantitative estimate of drug-likeness (QED) is 0.0322. The van der Waals surface area contributed by atoms with Crippen LogP contribution in [0.25, 0.3) is 0 Å². The summed E-state index contributed by atoms with van der Waals surface area (Å²) in [7, 11) is -4.56. The van der Waals surface area contributed by atoms with Crippen LogP contribution in [0, 0.1) is 0 Å². The molecule has 0 spiro atoms. The van der Waals surface area contributed by atoms with Gasteiger partial charge in [0, 0.05) is 0 Å². The molecule has 1 rings (SSSR count). The molecule has 0 aliphatic rings. The van der Waals surface area contributed by atoms with E-state index in [1.807, 2.05) is 12.2 Å². The molecule has 8 heteroatoms. The first-order valence-corrected chi connectivity index (χ1v) is 21.4. The van der Waals surface area contributed by atoms with E-state index in [-0.39, 0.29) is 24.3 Å². The Morgan fingerprint density at radius 2 is 0.800 bits per heavy atom. The predicted molar refractivity (Wildman–Crippen MR) is 206 cm³/mol. The number of unbranched alkanes of at least 4 members (excludes halogenated alkanes) is 26. The van der Waals surface area contributed by atoms with Crippen LogP contribution in [-0.2, 0) is 19.6 Å². The van der Waals surface area contributed by atoms with Gasteiger partial charge in [-0.3, -0.25) is 4.55 Å². The molecule has 0 fully saturated rings. The predicted octanol–water partition coefficient (Wildman–Crippen LogP) is 12.5. The summed E-state index contributed by atoms with van der Waals surface area (Å²) in [4.78, 5) is 25.3. The van der Waals surface area contributed by atoms with Crippen LogP contribution in [0.1, 0.15) is 200 Å². The average molecular weight is 719 g/mol. The summed E-state index contributed by atoms with van der Waals surface area (Å²) < 4.78 is 43.8. The van der Waals surface area contributed by atoms with Gasteiger partial charge in [-0.05, 0) is 56.7 Å². The van der Waals surface area contributed by atoms with Crippen LogP contribution in [0.15, 0.2) is 48.4 Å². The molecule has 0 aliphatic carbocycles. The molecule has 1 aromatic carbocycles. The third-order valence-corrected chi connectivity index (χ3v) is 10.1. The van der Waals surface area contributed by atoms with Gasteiger partial charge in [0.1, 0.15) is 0 Å². The van der Waals surface area contributed by atoms with Crippen molar-refractivity contribution >= 4 is 22.1 Å². The molecular weight excluding hydrogens is 649 g/mol. The maximum atomic E-state index is 12.9. The summed E-state index contributed by atoms with van der Waals surface area (Å²) >= 11 is 0. The summed E-state index contributed by atoms with van der Waals surface area (Å²) in [6.45, 7) is 7.93. The normalized spacial score (nSPS) is 11.4. The van der Waals surface area contributed by atoms with Crippen LogP contribution in [-0.4, -0.2) is 38.1 Å². The number of hydrogen-bond acceptors (Lipinski definition) is 6. The first-order chi connectivity index (χ1) is 24.3. The molecule has 1 aromatic rings. The highest BCUT2D eigenvalue weighted by atomic mass is 32.2. The minimum Gasteiger partial charge on any atom is -0.462 e. The van der Waals surface area contributed by atoms with Crippen molar-refractivity contribution in [3.05, 3.63) is 54.6 Å². The summed E-state index contributed by atoms with van der Waals surface area (Å²) in [5.74, 6) is -1.50. The Bertz CT molecular complexity index is 1140. The van der Waals surface area contributed by atoms with Crippen molar-refractivity contribution < 1.29 is 32.0 Å². The number of ether oxygens (including phenoxy) is 2. The first kappa shape index (κ1) is 45.6. The van der Waals surface area contributed by atoms with Crippen LogP contribution < -0.4 is 0 Å². The van der Waals surface area contributed by atoms with Crippen molar-refractivity contribution in [3.8, 4) is 0 Å². The maximum absolute atomic E-state index is 12.9. The fourth-order valence-electron chi connectivity index (χ4n) is 6.19. The van der Waals surface area contributed by atoms with Gasteiger partial charge in [0.25, 0.3) is 10.1 Å². The summed E-state index contributed by atoms with van der Waals surface area (Å²) in [5.41, 5.74) is -0.276. The van der Waals surface area contributed by atoms with Crippen LogP contribution >= 0.6 is 0 Å². The third kappa shape index (κ3) is 24.7. The molecule has 1 N–H and O–H groups in total. The summed E-state index contributed by atoms with van der Waals surface area (Å²) in [6, 6.07) is 3.29. The molecule has 0 saturated carbocycles. The second-order valence-electron chi connectivity index (χ2n) is 13.8. The fourth-order valence-corrected chi connectivity index (χ4v) is 6.69. The number of hydrogen-bond donors (Lipinski definition) is 1. The molecule has 0 bridgehead atoms. The van der Waals surface area contributed by atoms with E-state index in [9.17, 15) is 22.6 Å². The van der Waals surface area contributed by atoms with Crippen molar-refractivity contribution in [1.82, 2.24) is 0 Å². The van der Waals surface area contributed by atoms with E-state index in [1.165, 1.54) is 128 Å².